The highest BCUT2D eigenvalue weighted by Crippen LogP contribution is 2.49. The number of hydrogen-bond donors (Lipinski definition) is 2. The molecule has 2 aliphatic rings. The van der Waals surface area contributed by atoms with E-state index in [1.165, 1.54) is 23.8 Å². The lowest BCUT2D eigenvalue weighted by Crippen LogP contribution is -2.45. The molecule has 3 N–H and O–H groups in total. The first-order valence-electron chi connectivity index (χ1n) is 16.1. The molecule has 5 rings (SSSR count). The maximum absolute atomic E-state index is 14.5. The zero-order valence-corrected chi connectivity index (χ0v) is 29.5. The Morgan fingerprint density at radius 2 is 1.80 bits per heavy atom. The van der Waals surface area contributed by atoms with E-state index in [4.69, 9.17) is 33.7 Å². The maximum Gasteiger partial charge on any atom is 0.459 e. The van der Waals surface area contributed by atoms with E-state index in [-0.39, 0.29) is 28.8 Å². The summed E-state index contributed by atoms with van der Waals surface area (Å²) in [4.78, 5) is 41.6. The molecule has 1 saturated carbocycles. The second kappa shape index (κ2) is 14.4. The quantitative estimate of drug-likeness (QED) is 0.155. The number of esters is 3. The first-order chi connectivity index (χ1) is 23.5. The van der Waals surface area contributed by atoms with Crippen molar-refractivity contribution >= 4 is 37.0 Å². The lowest BCUT2D eigenvalue weighted by Gasteiger charge is -2.29. The SMILES string of the molecule is CC(=O)O[C@H]1[C@@H](OC(C)=O)[C@](C#N)(c2ccc3c(N)ncnn23)O[C@@H]1COP(=O)(N[C@@H](C)C(=O)OC1CCC1)Oc1ccc(C(C)(C)C)cc1. The summed E-state index contributed by atoms with van der Waals surface area (Å²) in [7, 11) is -4.46. The molecule has 6 atom stereocenters. The molecule has 0 radical (unpaired) electrons. The van der Waals surface area contributed by atoms with Crippen LogP contribution in [-0.4, -0.2) is 69.6 Å². The summed E-state index contributed by atoms with van der Waals surface area (Å²) in [5.41, 5.74) is 5.12. The number of nitrogen functional groups attached to an aromatic ring is 1. The van der Waals surface area contributed by atoms with Crippen LogP contribution in [0.4, 0.5) is 5.82 Å². The molecular weight excluding hydrogens is 671 g/mol. The third-order valence-electron chi connectivity index (χ3n) is 8.42. The van der Waals surface area contributed by atoms with E-state index in [0.717, 1.165) is 38.7 Å². The van der Waals surface area contributed by atoms with Crippen molar-refractivity contribution in [3.05, 3.63) is 54.0 Å². The average Bonchev–Trinajstić information content (AvgIpc) is 3.58. The normalized spacial score (nSPS) is 24.0. The molecule has 2 aromatic heterocycles. The van der Waals surface area contributed by atoms with Gasteiger partial charge in [-0.05, 0) is 61.4 Å². The van der Waals surface area contributed by atoms with Crippen molar-refractivity contribution in [2.75, 3.05) is 12.3 Å². The first kappa shape index (κ1) is 36.7. The Morgan fingerprint density at radius 1 is 1.12 bits per heavy atom. The minimum absolute atomic E-state index is 0.0823. The molecule has 17 heteroatoms. The van der Waals surface area contributed by atoms with Gasteiger partial charge in [0.2, 0.25) is 5.60 Å². The molecule has 0 spiro atoms. The monoisotopic (exact) mass is 712 g/mol. The molecule has 0 amide bonds. The molecule has 3 heterocycles. The molecule has 1 unspecified atom stereocenters. The smallest absolute Gasteiger partial charge is 0.459 e. The number of ether oxygens (including phenoxy) is 4. The zero-order chi connectivity index (χ0) is 36.4. The minimum atomic E-state index is -4.46. The Hall–Kier alpha value is -4.55. The fraction of sp³-hybridized carbons (Fsp3) is 0.515. The molecule has 50 heavy (non-hydrogen) atoms. The van der Waals surface area contributed by atoms with Crippen molar-refractivity contribution < 1.29 is 46.9 Å². The summed E-state index contributed by atoms with van der Waals surface area (Å²) in [6, 6.07) is 10.8. The van der Waals surface area contributed by atoms with Crippen molar-refractivity contribution in [1.82, 2.24) is 19.7 Å². The van der Waals surface area contributed by atoms with Crippen molar-refractivity contribution in [3.63, 3.8) is 0 Å². The van der Waals surface area contributed by atoms with E-state index in [0.29, 0.717) is 5.52 Å². The Morgan fingerprint density at radius 3 is 2.38 bits per heavy atom. The Bertz CT molecular complexity index is 1830. The van der Waals surface area contributed by atoms with E-state index < -0.39 is 62.2 Å². The Kier molecular flexibility index (Phi) is 10.5. The van der Waals surface area contributed by atoms with Gasteiger partial charge in [-0.3, -0.25) is 18.9 Å². The van der Waals surface area contributed by atoms with Crippen molar-refractivity contribution in [3.8, 4) is 11.8 Å². The van der Waals surface area contributed by atoms with Gasteiger partial charge in [0.1, 0.15) is 41.9 Å². The van der Waals surface area contributed by atoms with Crippen molar-refractivity contribution in [2.24, 2.45) is 0 Å². The zero-order valence-electron chi connectivity index (χ0n) is 28.7. The summed E-state index contributed by atoms with van der Waals surface area (Å²) >= 11 is 0. The number of nitrogens with two attached hydrogens (primary N) is 1. The van der Waals surface area contributed by atoms with Gasteiger partial charge in [-0.15, -0.1) is 0 Å². The predicted octanol–water partition coefficient (Wildman–Crippen LogP) is 3.87. The number of rotatable bonds is 12. The number of anilines is 1. The molecular formula is C33H41N6O10P. The topological polar surface area (TPSA) is 216 Å². The van der Waals surface area contributed by atoms with Gasteiger partial charge in [-0.25, -0.2) is 14.1 Å². The van der Waals surface area contributed by atoms with Gasteiger partial charge in [0.25, 0.3) is 0 Å². The fourth-order valence-electron chi connectivity index (χ4n) is 5.63. The molecule has 2 fully saturated rings. The highest BCUT2D eigenvalue weighted by Gasteiger charge is 2.62. The minimum Gasteiger partial charge on any atom is -0.461 e. The summed E-state index contributed by atoms with van der Waals surface area (Å²) < 4.78 is 50.5. The second-order valence-electron chi connectivity index (χ2n) is 13.3. The van der Waals surface area contributed by atoms with Crippen molar-refractivity contribution in [1.29, 1.82) is 5.26 Å². The molecule has 16 nitrogen and oxygen atoms in total. The van der Waals surface area contributed by atoms with Crippen LogP contribution < -0.4 is 15.3 Å². The molecule has 0 bridgehead atoms. The highest BCUT2D eigenvalue weighted by atomic mass is 31.2. The van der Waals surface area contributed by atoms with Gasteiger partial charge in [0.15, 0.2) is 18.0 Å². The molecule has 268 valence electrons. The van der Waals surface area contributed by atoms with Crippen LogP contribution >= 0.6 is 7.75 Å². The van der Waals surface area contributed by atoms with Crippen LogP contribution in [0.2, 0.25) is 0 Å². The molecule has 1 aliphatic carbocycles. The van der Waals surface area contributed by atoms with Gasteiger partial charge in [0, 0.05) is 13.8 Å². The summed E-state index contributed by atoms with van der Waals surface area (Å²) in [5.74, 6) is -1.98. The summed E-state index contributed by atoms with van der Waals surface area (Å²) in [6.07, 6.45) is -1.00. The van der Waals surface area contributed by atoms with Crippen LogP contribution in [0.1, 0.15) is 72.1 Å². The first-order valence-corrected chi connectivity index (χ1v) is 17.6. The lowest BCUT2D eigenvalue weighted by atomic mass is 9.87. The largest absolute Gasteiger partial charge is 0.461 e. The number of nitrogens with one attached hydrogen (secondary N) is 1. The van der Waals surface area contributed by atoms with Gasteiger partial charge in [-0.2, -0.15) is 15.4 Å². The second-order valence-corrected chi connectivity index (χ2v) is 15.0. The number of nitriles is 1. The maximum atomic E-state index is 14.5. The van der Waals surface area contributed by atoms with Gasteiger partial charge in [0.05, 0.1) is 12.3 Å². The van der Waals surface area contributed by atoms with Gasteiger partial charge < -0.3 is 29.2 Å². The number of hydrogen-bond acceptors (Lipinski definition) is 14. The standard InChI is InChI=1S/C33H41N6O10P/c1-19(31(42)47-23-8-7-9-23)38-50(43,49-24-12-10-22(11-13-24)32(4,5)6)44-16-26-28(45-20(2)40)29(46-21(3)41)33(17-34,48-26)27-15-14-25-30(35)36-18-37-39(25)27/h10-15,18-19,23,26,28-29H,7-9,16H2,1-6H3,(H,38,43)(H2,35,36,37)/t19-,26+,28+,29+,33-,50?/m0/s1. The van der Waals surface area contributed by atoms with Crippen LogP contribution in [0.25, 0.3) is 5.52 Å². The Balaban J connectivity index is 1.49. The molecule has 1 aromatic carbocycles. The highest BCUT2D eigenvalue weighted by molar-refractivity contribution is 7.52. The summed E-state index contributed by atoms with van der Waals surface area (Å²) in [6.45, 7) is 9.19. The fourth-order valence-corrected chi connectivity index (χ4v) is 7.14. The number of aromatic nitrogens is 3. The summed E-state index contributed by atoms with van der Waals surface area (Å²) in [5, 5.41) is 17.5. The number of carbonyl (C=O) groups excluding carboxylic acids is 3. The van der Waals surface area contributed by atoms with Crippen LogP contribution in [0.3, 0.4) is 0 Å². The third-order valence-corrected chi connectivity index (χ3v) is 10.1. The van der Waals surface area contributed by atoms with Crippen molar-refractivity contribution in [2.45, 2.75) is 102 Å². The number of carbonyl (C=O) groups is 3. The Labute approximate surface area is 289 Å². The number of fused-ring (bicyclic) bond motifs is 1. The number of benzene rings is 1. The molecule has 1 saturated heterocycles. The average molecular weight is 713 g/mol. The number of nitrogens with zero attached hydrogens (tertiary/aromatic N) is 4. The van der Waals surface area contributed by atoms with E-state index in [2.05, 4.69) is 21.2 Å². The molecule has 1 aliphatic heterocycles. The van der Waals surface area contributed by atoms with E-state index >= 15 is 0 Å². The van der Waals surface area contributed by atoms with E-state index in [1.807, 2.05) is 32.9 Å². The lowest BCUT2D eigenvalue weighted by molar-refractivity contribution is -0.166. The van der Waals surface area contributed by atoms with Crippen LogP contribution in [0.5, 0.6) is 5.75 Å². The van der Waals surface area contributed by atoms with Gasteiger partial charge >= 0.3 is 25.7 Å². The third kappa shape index (κ3) is 7.76. The van der Waals surface area contributed by atoms with Crippen LogP contribution in [0.15, 0.2) is 42.7 Å². The van der Waals surface area contributed by atoms with E-state index in [9.17, 15) is 24.2 Å². The van der Waals surface area contributed by atoms with E-state index in [1.54, 1.807) is 18.2 Å². The van der Waals surface area contributed by atoms with Crippen LogP contribution in [0, 0.1) is 11.3 Å². The van der Waals surface area contributed by atoms with Crippen LogP contribution in [-0.2, 0) is 53.4 Å². The van der Waals surface area contributed by atoms with Gasteiger partial charge in [-0.1, -0.05) is 32.9 Å². The predicted molar refractivity (Wildman–Crippen MR) is 176 cm³/mol. The molecule has 3 aromatic rings.